The monoisotopic (exact) mass is 520 g/mol. The fraction of sp³-hybridized carbons (Fsp3) is 0.304. The number of nitrogens with zero attached hydrogens (tertiary/aromatic N) is 1. The SMILES string of the molecule is CCCC1(CCC)C(=O)C(C2=NS(O)(O)c3cc(NS(N)(=O)=O)ccc3N2)=C(O)c2ccccc21. The lowest BCUT2D eigenvalue weighted by Gasteiger charge is -2.40. The highest BCUT2D eigenvalue weighted by Gasteiger charge is 2.48. The summed E-state index contributed by atoms with van der Waals surface area (Å²) in [7, 11) is -7.93. The van der Waals surface area contributed by atoms with Gasteiger partial charge in [-0.05, 0) is 36.6 Å². The van der Waals surface area contributed by atoms with Gasteiger partial charge in [-0.1, -0.05) is 61.7 Å². The number of nitrogens with two attached hydrogens (primary N) is 1. The Morgan fingerprint density at radius 1 is 1.11 bits per heavy atom. The summed E-state index contributed by atoms with van der Waals surface area (Å²) >= 11 is 0. The van der Waals surface area contributed by atoms with E-state index in [2.05, 4.69) is 14.4 Å². The topological polar surface area (TPSA) is 174 Å². The summed E-state index contributed by atoms with van der Waals surface area (Å²) in [4.78, 5) is 14.0. The van der Waals surface area contributed by atoms with Crippen molar-refractivity contribution >= 4 is 49.7 Å². The number of nitrogens with one attached hydrogen (secondary N) is 2. The van der Waals surface area contributed by atoms with E-state index in [1.165, 1.54) is 18.2 Å². The van der Waals surface area contributed by atoms with Crippen molar-refractivity contribution in [3.63, 3.8) is 0 Å². The van der Waals surface area contributed by atoms with Gasteiger partial charge in [0.2, 0.25) is 0 Å². The van der Waals surface area contributed by atoms with Gasteiger partial charge in [0, 0.05) is 5.56 Å². The standard InChI is InChI=1S/C23H28N4O6S2/c1-3-11-23(12-4-2)16-8-6-5-7-15(16)20(28)19(21(23)29)22-25-17-10-9-14(26-35(24,32)33)13-18(17)34(30,31)27-22/h5-10,13,26,28,30-31H,3-4,11-12H2,1-2H3,(H,25,27)(H2,24,32,33). The van der Waals surface area contributed by atoms with E-state index in [4.69, 9.17) is 5.14 Å². The van der Waals surface area contributed by atoms with E-state index >= 15 is 0 Å². The first-order chi connectivity index (χ1) is 16.4. The molecule has 1 aliphatic heterocycles. The predicted molar refractivity (Wildman–Crippen MR) is 138 cm³/mol. The minimum atomic E-state index is -4.08. The molecule has 1 heterocycles. The summed E-state index contributed by atoms with van der Waals surface area (Å²) in [6.45, 7) is 3.98. The molecule has 12 heteroatoms. The second kappa shape index (κ2) is 8.95. The molecule has 1 aliphatic carbocycles. The molecule has 0 fully saturated rings. The molecule has 0 amide bonds. The molecule has 0 spiro atoms. The first kappa shape index (κ1) is 25.2. The fourth-order valence-corrected chi connectivity index (χ4v) is 6.56. The Balaban J connectivity index is 1.87. The van der Waals surface area contributed by atoms with Crippen molar-refractivity contribution in [1.82, 2.24) is 0 Å². The third kappa shape index (κ3) is 4.43. The maximum Gasteiger partial charge on any atom is 0.296 e. The van der Waals surface area contributed by atoms with Crippen LogP contribution in [-0.4, -0.2) is 34.2 Å². The van der Waals surface area contributed by atoms with Crippen molar-refractivity contribution in [3.05, 3.63) is 59.2 Å². The summed E-state index contributed by atoms with van der Waals surface area (Å²) in [6.07, 6.45) is 2.56. The molecule has 2 aromatic carbocycles. The predicted octanol–water partition coefficient (Wildman–Crippen LogP) is 4.54. The van der Waals surface area contributed by atoms with Crippen molar-refractivity contribution < 1.29 is 27.4 Å². The molecular weight excluding hydrogens is 492 g/mol. The number of fused-ring (bicyclic) bond motifs is 2. The zero-order chi connectivity index (χ0) is 25.6. The van der Waals surface area contributed by atoms with E-state index in [0.29, 0.717) is 18.4 Å². The van der Waals surface area contributed by atoms with Crippen LogP contribution >= 0.6 is 10.8 Å². The molecule has 35 heavy (non-hydrogen) atoms. The Kier molecular flexibility index (Phi) is 6.45. The minimum Gasteiger partial charge on any atom is -0.506 e. The number of anilines is 2. The lowest BCUT2D eigenvalue weighted by atomic mass is 9.63. The first-order valence-electron chi connectivity index (χ1n) is 11.1. The maximum atomic E-state index is 14.1. The van der Waals surface area contributed by atoms with Gasteiger partial charge in [-0.15, -0.1) is 4.40 Å². The van der Waals surface area contributed by atoms with E-state index in [-0.39, 0.29) is 39.2 Å². The van der Waals surface area contributed by atoms with Crippen molar-refractivity contribution in [2.45, 2.75) is 49.8 Å². The quantitative estimate of drug-likeness (QED) is 0.311. The van der Waals surface area contributed by atoms with Crippen LogP contribution in [0.1, 0.15) is 50.7 Å². The van der Waals surface area contributed by atoms with E-state index in [0.717, 1.165) is 18.4 Å². The number of benzene rings is 2. The van der Waals surface area contributed by atoms with Crippen LogP contribution < -0.4 is 15.2 Å². The second-order valence-corrected chi connectivity index (χ2v) is 11.6. The van der Waals surface area contributed by atoms with Crippen LogP contribution in [-0.2, 0) is 20.4 Å². The number of hydrogen-bond acceptors (Lipinski definition) is 8. The molecule has 0 saturated carbocycles. The molecule has 188 valence electrons. The highest BCUT2D eigenvalue weighted by molar-refractivity contribution is 8.23. The fourth-order valence-electron chi connectivity index (χ4n) is 4.92. The summed E-state index contributed by atoms with van der Waals surface area (Å²) in [5.74, 6) is -0.779. The van der Waals surface area contributed by atoms with E-state index < -0.39 is 26.4 Å². The van der Waals surface area contributed by atoms with Crippen LogP contribution in [0.5, 0.6) is 0 Å². The number of carbonyl (C=O) groups excluding carboxylic acids is 1. The van der Waals surface area contributed by atoms with Gasteiger partial charge in [0.25, 0.3) is 10.2 Å². The second-order valence-electron chi connectivity index (χ2n) is 8.62. The van der Waals surface area contributed by atoms with Crippen LogP contribution in [0, 0.1) is 0 Å². The molecule has 0 saturated heterocycles. The van der Waals surface area contributed by atoms with Crippen molar-refractivity contribution in [2.24, 2.45) is 9.54 Å². The number of carbonyl (C=O) groups is 1. The lowest BCUT2D eigenvalue weighted by Crippen LogP contribution is -2.44. The number of aliphatic hydroxyl groups excluding tert-OH is 1. The van der Waals surface area contributed by atoms with Gasteiger partial charge in [0.15, 0.2) is 11.6 Å². The van der Waals surface area contributed by atoms with Gasteiger partial charge in [-0.2, -0.15) is 8.42 Å². The maximum absolute atomic E-state index is 14.1. The van der Waals surface area contributed by atoms with Crippen molar-refractivity contribution in [3.8, 4) is 0 Å². The molecule has 0 bridgehead atoms. The Hall–Kier alpha value is -2.90. The minimum absolute atomic E-state index is 0.0151. The average molecular weight is 521 g/mol. The Morgan fingerprint density at radius 2 is 1.77 bits per heavy atom. The highest BCUT2D eigenvalue weighted by Crippen LogP contribution is 2.57. The zero-order valence-electron chi connectivity index (χ0n) is 19.3. The normalized spacial score (nSPS) is 19.2. The molecule has 0 radical (unpaired) electrons. The number of amidine groups is 1. The summed E-state index contributed by atoms with van der Waals surface area (Å²) in [5.41, 5.74) is 0.474. The Morgan fingerprint density at radius 3 is 2.40 bits per heavy atom. The van der Waals surface area contributed by atoms with Gasteiger partial charge in [-0.3, -0.25) is 18.6 Å². The van der Waals surface area contributed by atoms with Crippen molar-refractivity contribution in [1.29, 1.82) is 0 Å². The highest BCUT2D eigenvalue weighted by atomic mass is 32.3. The zero-order valence-corrected chi connectivity index (χ0v) is 20.9. The molecule has 0 atom stereocenters. The smallest absolute Gasteiger partial charge is 0.296 e. The summed E-state index contributed by atoms with van der Waals surface area (Å²) in [6, 6.07) is 11.2. The molecule has 7 N–H and O–H groups in total. The molecule has 0 unspecified atom stereocenters. The largest absolute Gasteiger partial charge is 0.506 e. The average Bonchev–Trinajstić information content (AvgIpc) is 2.77. The first-order valence-corrected chi connectivity index (χ1v) is 14.2. The van der Waals surface area contributed by atoms with Gasteiger partial charge >= 0.3 is 0 Å². The van der Waals surface area contributed by atoms with Crippen molar-refractivity contribution in [2.75, 3.05) is 10.0 Å². The molecule has 4 rings (SSSR count). The van der Waals surface area contributed by atoms with E-state index in [1.807, 2.05) is 26.0 Å². The number of Topliss-reactive ketones (excluding diaryl/α,β-unsaturated/α-hetero) is 1. The Labute approximate surface area is 205 Å². The molecular formula is C23H28N4O6S2. The number of rotatable bonds is 7. The van der Waals surface area contributed by atoms with E-state index in [1.54, 1.807) is 12.1 Å². The lowest BCUT2D eigenvalue weighted by molar-refractivity contribution is -0.121. The van der Waals surface area contributed by atoms with Crippen LogP contribution in [0.15, 0.2) is 57.3 Å². The third-order valence-corrected chi connectivity index (χ3v) is 8.08. The van der Waals surface area contributed by atoms with Gasteiger partial charge in [0.1, 0.15) is 16.2 Å². The van der Waals surface area contributed by atoms with Crippen LogP contribution in [0.4, 0.5) is 11.4 Å². The summed E-state index contributed by atoms with van der Waals surface area (Å²) < 4.78 is 50.5. The molecule has 2 aromatic rings. The summed E-state index contributed by atoms with van der Waals surface area (Å²) in [5, 5.41) is 19.1. The molecule has 0 aromatic heterocycles. The number of hydrogen-bond donors (Lipinski definition) is 6. The van der Waals surface area contributed by atoms with Gasteiger partial charge < -0.3 is 10.4 Å². The van der Waals surface area contributed by atoms with Crippen LogP contribution in [0.2, 0.25) is 0 Å². The Bertz CT molecular complexity index is 1360. The van der Waals surface area contributed by atoms with Crippen LogP contribution in [0.25, 0.3) is 5.76 Å². The number of ketones is 1. The van der Waals surface area contributed by atoms with Crippen LogP contribution in [0.3, 0.4) is 0 Å². The molecule has 2 aliphatic rings. The molecule has 10 nitrogen and oxygen atoms in total. The number of aliphatic hydroxyl groups is 1. The third-order valence-electron chi connectivity index (χ3n) is 6.20. The van der Waals surface area contributed by atoms with Gasteiger partial charge in [-0.25, -0.2) is 5.14 Å². The van der Waals surface area contributed by atoms with Gasteiger partial charge in [0.05, 0.1) is 16.8 Å². The van der Waals surface area contributed by atoms with E-state index in [9.17, 15) is 27.4 Å².